The second-order valence-corrected chi connectivity index (χ2v) is 6.62. The van der Waals surface area contributed by atoms with Crippen LogP contribution in [0.25, 0.3) is 0 Å². The molecule has 0 spiro atoms. The molecule has 0 unspecified atom stereocenters. The Morgan fingerprint density at radius 2 is 2.04 bits per heavy atom. The largest absolute Gasteiger partial charge is 0.487 e. The molecule has 0 bridgehead atoms. The van der Waals surface area contributed by atoms with Gasteiger partial charge in [0.05, 0.1) is 27.9 Å². The maximum Gasteiger partial charge on any atom is 0.338 e. The molecule has 1 aromatic heterocycles. The molecule has 3 rings (SSSR count). The molecule has 130 valence electrons. The molecule has 0 aliphatic carbocycles. The Morgan fingerprint density at radius 3 is 2.81 bits per heavy atom. The lowest BCUT2D eigenvalue weighted by atomic mass is 10.1. The lowest BCUT2D eigenvalue weighted by molar-refractivity contribution is 0.0472. The molecular weight excluding hydrogens is 348 g/mol. The van der Waals surface area contributed by atoms with E-state index in [9.17, 15) is 4.79 Å². The third kappa shape index (κ3) is 4.68. The number of nitriles is 1. The first-order valence-corrected chi connectivity index (χ1v) is 8.82. The summed E-state index contributed by atoms with van der Waals surface area (Å²) in [6.45, 7) is 2.40. The highest BCUT2D eigenvalue weighted by atomic mass is 32.1. The molecule has 0 atom stereocenters. The van der Waals surface area contributed by atoms with E-state index in [1.807, 2.05) is 18.4 Å². The number of carbonyl (C=O) groups is 1. The number of nitrogens with zero attached hydrogens (tertiary/aromatic N) is 2. The first-order chi connectivity index (χ1) is 12.6. The number of hydrogen-bond donors (Lipinski definition) is 0. The molecule has 0 fully saturated rings. The van der Waals surface area contributed by atoms with Crippen molar-refractivity contribution in [2.45, 2.75) is 20.1 Å². The van der Waals surface area contributed by atoms with Gasteiger partial charge in [-0.25, -0.2) is 9.78 Å². The summed E-state index contributed by atoms with van der Waals surface area (Å²) in [6, 6.07) is 15.9. The van der Waals surface area contributed by atoms with Gasteiger partial charge in [-0.05, 0) is 42.8 Å². The van der Waals surface area contributed by atoms with Gasteiger partial charge in [-0.3, -0.25) is 0 Å². The van der Waals surface area contributed by atoms with Crippen LogP contribution in [-0.4, -0.2) is 11.0 Å². The molecule has 0 radical (unpaired) electrons. The standard InChI is InChI=1S/C20H16N2O3S/c1-14-22-18(13-26-14)12-24-19-7-3-6-17(9-19)20(23)25-11-16-5-2-4-15(8-16)10-21/h2-9,13H,11-12H2,1H3. The van der Waals surface area contributed by atoms with Gasteiger partial charge in [0.15, 0.2) is 0 Å². The van der Waals surface area contributed by atoms with E-state index in [4.69, 9.17) is 14.7 Å². The Bertz CT molecular complexity index is 959. The van der Waals surface area contributed by atoms with Crippen LogP contribution in [0.1, 0.15) is 32.2 Å². The topological polar surface area (TPSA) is 72.2 Å². The number of aromatic nitrogens is 1. The summed E-state index contributed by atoms with van der Waals surface area (Å²) in [5.74, 6) is 0.138. The normalized spacial score (nSPS) is 10.2. The molecule has 2 aromatic carbocycles. The molecule has 1 heterocycles. The van der Waals surface area contributed by atoms with Gasteiger partial charge in [0, 0.05) is 5.38 Å². The summed E-state index contributed by atoms with van der Waals surface area (Å²) < 4.78 is 11.0. The van der Waals surface area contributed by atoms with E-state index in [1.54, 1.807) is 53.8 Å². The Balaban J connectivity index is 1.59. The highest BCUT2D eigenvalue weighted by molar-refractivity contribution is 7.09. The van der Waals surface area contributed by atoms with Crippen LogP contribution in [0.4, 0.5) is 0 Å². The van der Waals surface area contributed by atoms with Crippen molar-refractivity contribution in [2.75, 3.05) is 0 Å². The molecule has 0 amide bonds. The average molecular weight is 364 g/mol. The minimum atomic E-state index is -0.442. The summed E-state index contributed by atoms with van der Waals surface area (Å²) in [4.78, 5) is 16.6. The van der Waals surface area contributed by atoms with Crippen LogP contribution in [-0.2, 0) is 18.0 Å². The van der Waals surface area contributed by atoms with E-state index in [-0.39, 0.29) is 6.61 Å². The predicted octanol–water partition coefficient (Wildman–Crippen LogP) is 4.26. The number of aryl methyl sites for hydroxylation is 1. The number of esters is 1. The van der Waals surface area contributed by atoms with Gasteiger partial charge < -0.3 is 9.47 Å². The summed E-state index contributed by atoms with van der Waals surface area (Å²) in [7, 11) is 0. The van der Waals surface area contributed by atoms with Gasteiger partial charge in [0.1, 0.15) is 19.0 Å². The van der Waals surface area contributed by atoms with Crippen LogP contribution in [0, 0.1) is 18.3 Å². The fourth-order valence-corrected chi connectivity index (χ4v) is 2.90. The van der Waals surface area contributed by atoms with Crippen LogP contribution < -0.4 is 4.74 Å². The second kappa shape index (κ2) is 8.28. The summed E-state index contributed by atoms with van der Waals surface area (Å²) >= 11 is 1.57. The molecule has 5 nitrogen and oxygen atoms in total. The minimum Gasteiger partial charge on any atom is -0.487 e. The summed E-state index contributed by atoms with van der Waals surface area (Å²) in [5.41, 5.74) is 2.57. The van der Waals surface area contributed by atoms with Crippen molar-refractivity contribution in [1.82, 2.24) is 4.98 Å². The summed E-state index contributed by atoms with van der Waals surface area (Å²) in [6.07, 6.45) is 0. The van der Waals surface area contributed by atoms with Crippen molar-refractivity contribution < 1.29 is 14.3 Å². The van der Waals surface area contributed by atoms with Gasteiger partial charge in [-0.2, -0.15) is 5.26 Å². The SMILES string of the molecule is Cc1nc(COc2cccc(C(=O)OCc3cccc(C#N)c3)c2)cs1. The lowest BCUT2D eigenvalue weighted by Crippen LogP contribution is -2.06. The first kappa shape index (κ1) is 17.6. The Labute approximate surface area is 155 Å². The molecule has 0 aliphatic heterocycles. The van der Waals surface area contributed by atoms with Crippen LogP contribution in [0.3, 0.4) is 0 Å². The monoisotopic (exact) mass is 364 g/mol. The van der Waals surface area contributed by atoms with E-state index >= 15 is 0 Å². The molecule has 26 heavy (non-hydrogen) atoms. The maximum atomic E-state index is 12.2. The Kier molecular flexibility index (Phi) is 5.62. The number of carbonyl (C=O) groups excluding carboxylic acids is 1. The van der Waals surface area contributed by atoms with Crippen LogP contribution in [0.5, 0.6) is 5.75 Å². The van der Waals surface area contributed by atoms with Crippen molar-refractivity contribution in [3.63, 3.8) is 0 Å². The maximum absolute atomic E-state index is 12.2. The van der Waals surface area contributed by atoms with E-state index in [0.29, 0.717) is 23.5 Å². The van der Waals surface area contributed by atoms with Gasteiger partial charge in [0.2, 0.25) is 0 Å². The minimum absolute atomic E-state index is 0.109. The van der Waals surface area contributed by atoms with E-state index in [0.717, 1.165) is 16.3 Å². The molecular formula is C20H16N2O3S. The van der Waals surface area contributed by atoms with Crippen molar-refractivity contribution in [1.29, 1.82) is 5.26 Å². The molecule has 0 aliphatic rings. The first-order valence-electron chi connectivity index (χ1n) is 7.94. The zero-order valence-corrected chi connectivity index (χ0v) is 15.0. The average Bonchev–Trinajstić information content (AvgIpc) is 3.10. The third-order valence-electron chi connectivity index (χ3n) is 3.55. The van der Waals surface area contributed by atoms with Gasteiger partial charge in [0.25, 0.3) is 0 Å². The molecule has 0 saturated heterocycles. The molecule has 6 heteroatoms. The zero-order valence-electron chi connectivity index (χ0n) is 14.1. The Morgan fingerprint density at radius 1 is 1.19 bits per heavy atom. The number of benzene rings is 2. The van der Waals surface area contributed by atoms with Crippen molar-refractivity contribution in [3.05, 3.63) is 81.3 Å². The lowest BCUT2D eigenvalue weighted by Gasteiger charge is -2.08. The van der Waals surface area contributed by atoms with Crippen LogP contribution in [0.15, 0.2) is 53.9 Å². The van der Waals surface area contributed by atoms with Gasteiger partial charge in [-0.1, -0.05) is 18.2 Å². The fourth-order valence-electron chi connectivity index (χ4n) is 2.31. The van der Waals surface area contributed by atoms with Gasteiger partial charge in [-0.15, -0.1) is 11.3 Å². The number of ether oxygens (including phenoxy) is 2. The number of thiazole rings is 1. The number of rotatable bonds is 6. The van der Waals surface area contributed by atoms with Crippen molar-refractivity contribution in [3.8, 4) is 11.8 Å². The van der Waals surface area contributed by atoms with Crippen LogP contribution >= 0.6 is 11.3 Å². The van der Waals surface area contributed by atoms with Gasteiger partial charge >= 0.3 is 5.97 Å². The predicted molar refractivity (Wildman–Crippen MR) is 97.9 cm³/mol. The molecule has 0 N–H and O–H groups in total. The highest BCUT2D eigenvalue weighted by Gasteiger charge is 2.09. The molecule has 0 saturated carbocycles. The van der Waals surface area contributed by atoms with E-state index in [1.165, 1.54) is 0 Å². The fraction of sp³-hybridized carbons (Fsp3) is 0.150. The van der Waals surface area contributed by atoms with Crippen molar-refractivity contribution >= 4 is 17.3 Å². The van der Waals surface area contributed by atoms with Crippen molar-refractivity contribution in [2.24, 2.45) is 0 Å². The Hall–Kier alpha value is -3.17. The molecule has 3 aromatic rings. The smallest absolute Gasteiger partial charge is 0.338 e. The third-order valence-corrected chi connectivity index (χ3v) is 4.37. The zero-order chi connectivity index (χ0) is 18.4. The summed E-state index contributed by atoms with van der Waals surface area (Å²) in [5, 5.41) is 11.8. The van der Waals surface area contributed by atoms with E-state index < -0.39 is 5.97 Å². The van der Waals surface area contributed by atoms with E-state index in [2.05, 4.69) is 11.1 Å². The van der Waals surface area contributed by atoms with Crippen LogP contribution in [0.2, 0.25) is 0 Å². The number of hydrogen-bond acceptors (Lipinski definition) is 6. The highest BCUT2D eigenvalue weighted by Crippen LogP contribution is 2.17. The quantitative estimate of drug-likeness (QED) is 0.611. The second-order valence-electron chi connectivity index (χ2n) is 5.56.